The maximum absolute atomic E-state index is 13.1. The molecule has 1 saturated heterocycles. The van der Waals surface area contributed by atoms with Gasteiger partial charge in [0.1, 0.15) is 6.61 Å². The number of halogens is 2. The van der Waals surface area contributed by atoms with Gasteiger partial charge in [-0.15, -0.1) is 0 Å². The van der Waals surface area contributed by atoms with E-state index in [9.17, 15) is 4.79 Å². The number of methoxy groups -OCH3 is 1. The third kappa shape index (κ3) is 5.54. The molecule has 4 rings (SSSR count). The van der Waals surface area contributed by atoms with Gasteiger partial charge in [-0.05, 0) is 77.0 Å². The van der Waals surface area contributed by atoms with E-state index in [4.69, 9.17) is 33.3 Å². The van der Waals surface area contributed by atoms with Crippen LogP contribution in [0.15, 0.2) is 65.6 Å². The van der Waals surface area contributed by atoms with Gasteiger partial charge < -0.3 is 9.47 Å². The first-order valence-electron chi connectivity index (χ1n) is 9.95. The summed E-state index contributed by atoms with van der Waals surface area (Å²) >= 11 is 15.0. The van der Waals surface area contributed by atoms with Gasteiger partial charge in [-0.3, -0.25) is 9.69 Å². The molecular weight excluding hydrogens is 589 g/mol. The van der Waals surface area contributed by atoms with Crippen molar-refractivity contribution >= 4 is 80.2 Å². The Balaban J connectivity index is 1.58. The van der Waals surface area contributed by atoms with E-state index in [1.54, 1.807) is 25.3 Å². The van der Waals surface area contributed by atoms with Crippen LogP contribution in [0.3, 0.4) is 0 Å². The zero-order valence-electron chi connectivity index (χ0n) is 17.8. The lowest BCUT2D eigenvalue weighted by molar-refractivity contribution is -0.113. The second-order valence-corrected chi connectivity index (χ2v) is 10.6. The Kier molecular flexibility index (Phi) is 7.63. The van der Waals surface area contributed by atoms with Crippen molar-refractivity contribution in [2.75, 3.05) is 12.0 Å². The molecule has 168 valence electrons. The molecule has 0 N–H and O–H groups in total. The number of amides is 1. The molecule has 3 aromatic rings. The molecule has 0 aromatic heterocycles. The van der Waals surface area contributed by atoms with Crippen LogP contribution < -0.4 is 14.4 Å². The van der Waals surface area contributed by atoms with Crippen molar-refractivity contribution in [3.63, 3.8) is 0 Å². The number of anilines is 1. The van der Waals surface area contributed by atoms with Crippen LogP contribution in [-0.2, 0) is 11.4 Å². The smallest absolute Gasteiger partial charge is 0.270 e. The summed E-state index contributed by atoms with van der Waals surface area (Å²) in [6, 6.07) is 19.1. The van der Waals surface area contributed by atoms with Gasteiger partial charge in [-0.2, -0.15) is 0 Å². The van der Waals surface area contributed by atoms with Crippen LogP contribution in [0.25, 0.3) is 6.08 Å². The number of rotatable bonds is 6. The second kappa shape index (κ2) is 10.5. The van der Waals surface area contributed by atoms with Crippen LogP contribution in [0.2, 0.25) is 5.02 Å². The number of carbonyl (C=O) groups is 1. The molecular formula is C25H19ClINO3S2. The van der Waals surface area contributed by atoms with Crippen molar-refractivity contribution in [1.82, 2.24) is 0 Å². The predicted molar refractivity (Wildman–Crippen MR) is 148 cm³/mol. The number of hydrogen-bond acceptors (Lipinski definition) is 5. The fourth-order valence-corrected chi connectivity index (χ4v) is 5.52. The maximum atomic E-state index is 13.1. The Labute approximate surface area is 221 Å². The highest BCUT2D eigenvalue weighted by Crippen LogP contribution is 2.39. The number of carbonyl (C=O) groups excluding carboxylic acids is 1. The fourth-order valence-electron chi connectivity index (χ4n) is 3.26. The van der Waals surface area contributed by atoms with E-state index in [2.05, 4.69) is 41.6 Å². The van der Waals surface area contributed by atoms with E-state index in [-0.39, 0.29) is 5.91 Å². The van der Waals surface area contributed by atoms with Crippen molar-refractivity contribution < 1.29 is 14.3 Å². The highest BCUT2D eigenvalue weighted by molar-refractivity contribution is 14.1. The third-order valence-electron chi connectivity index (χ3n) is 4.91. The third-order valence-corrected chi connectivity index (χ3v) is 7.25. The summed E-state index contributed by atoms with van der Waals surface area (Å²) in [6.45, 7) is 2.49. The summed E-state index contributed by atoms with van der Waals surface area (Å²) in [6.07, 6.45) is 1.82. The van der Waals surface area contributed by atoms with Gasteiger partial charge >= 0.3 is 0 Å². The topological polar surface area (TPSA) is 38.8 Å². The summed E-state index contributed by atoms with van der Waals surface area (Å²) < 4.78 is 13.0. The van der Waals surface area contributed by atoms with Crippen molar-refractivity contribution in [2.24, 2.45) is 0 Å². The van der Waals surface area contributed by atoms with Crippen LogP contribution in [0.1, 0.15) is 16.7 Å². The van der Waals surface area contributed by atoms with E-state index in [1.165, 1.54) is 22.2 Å². The molecule has 0 atom stereocenters. The molecule has 4 nitrogen and oxygen atoms in total. The standard InChI is InChI=1S/C25H19ClINO3S2/c1-15-6-8-16(9-7-15)14-31-23-20(27)10-17(11-21(23)30-2)12-22-24(29)28(25(32)33-22)19-5-3-4-18(26)13-19/h3-13H,14H2,1-2H3/b22-12+. The highest BCUT2D eigenvalue weighted by Gasteiger charge is 2.33. The molecule has 1 amide bonds. The quantitative estimate of drug-likeness (QED) is 0.168. The minimum Gasteiger partial charge on any atom is -0.493 e. The summed E-state index contributed by atoms with van der Waals surface area (Å²) in [4.78, 5) is 15.1. The normalized spacial score (nSPS) is 14.8. The summed E-state index contributed by atoms with van der Waals surface area (Å²) in [7, 11) is 1.60. The lowest BCUT2D eigenvalue weighted by Crippen LogP contribution is -2.27. The summed E-state index contributed by atoms with van der Waals surface area (Å²) in [5.41, 5.74) is 3.76. The van der Waals surface area contributed by atoms with Gasteiger partial charge in [0.25, 0.3) is 5.91 Å². The van der Waals surface area contributed by atoms with Gasteiger partial charge in [-0.25, -0.2) is 0 Å². The molecule has 0 saturated carbocycles. The van der Waals surface area contributed by atoms with E-state index in [0.717, 1.165) is 14.7 Å². The Morgan fingerprint density at radius 3 is 2.61 bits per heavy atom. The van der Waals surface area contributed by atoms with Crippen LogP contribution >= 0.6 is 58.2 Å². The largest absolute Gasteiger partial charge is 0.493 e. The lowest BCUT2D eigenvalue weighted by Gasteiger charge is -2.15. The van der Waals surface area contributed by atoms with Crippen molar-refractivity contribution in [2.45, 2.75) is 13.5 Å². The van der Waals surface area contributed by atoms with Gasteiger partial charge in [0.15, 0.2) is 15.8 Å². The Morgan fingerprint density at radius 2 is 1.91 bits per heavy atom. The molecule has 0 spiro atoms. The second-order valence-electron chi connectivity index (χ2n) is 7.31. The van der Waals surface area contributed by atoms with E-state index in [0.29, 0.717) is 38.0 Å². The minimum atomic E-state index is -0.180. The number of thiocarbonyl (C=S) groups is 1. The molecule has 0 unspecified atom stereocenters. The zero-order valence-corrected chi connectivity index (χ0v) is 22.3. The lowest BCUT2D eigenvalue weighted by atomic mass is 10.1. The highest BCUT2D eigenvalue weighted by atomic mass is 127. The first-order valence-corrected chi connectivity index (χ1v) is 12.6. The van der Waals surface area contributed by atoms with Crippen LogP contribution in [-0.4, -0.2) is 17.3 Å². The molecule has 3 aromatic carbocycles. The number of hydrogen-bond donors (Lipinski definition) is 0. The minimum absolute atomic E-state index is 0.180. The summed E-state index contributed by atoms with van der Waals surface area (Å²) in [5, 5.41) is 0.547. The van der Waals surface area contributed by atoms with Gasteiger partial charge in [0.2, 0.25) is 0 Å². The molecule has 8 heteroatoms. The van der Waals surface area contributed by atoms with Gasteiger partial charge in [0.05, 0.1) is 21.3 Å². The SMILES string of the molecule is COc1cc(/C=C2/SC(=S)N(c3cccc(Cl)c3)C2=O)cc(I)c1OCc1ccc(C)cc1. The first-order chi connectivity index (χ1) is 15.9. The van der Waals surface area contributed by atoms with Crippen molar-refractivity contribution in [1.29, 1.82) is 0 Å². The summed E-state index contributed by atoms with van der Waals surface area (Å²) in [5.74, 6) is 1.09. The Morgan fingerprint density at radius 1 is 1.15 bits per heavy atom. The van der Waals surface area contributed by atoms with Crippen molar-refractivity contribution in [3.8, 4) is 11.5 Å². The van der Waals surface area contributed by atoms with Crippen LogP contribution in [0.4, 0.5) is 5.69 Å². The molecule has 1 aliphatic rings. The van der Waals surface area contributed by atoms with Gasteiger partial charge in [-0.1, -0.05) is 71.5 Å². The predicted octanol–water partition coefficient (Wildman–Crippen LogP) is 7.25. The van der Waals surface area contributed by atoms with Crippen molar-refractivity contribution in [3.05, 3.63) is 90.9 Å². The Bertz CT molecular complexity index is 1260. The maximum Gasteiger partial charge on any atom is 0.270 e. The van der Waals surface area contributed by atoms with E-state index >= 15 is 0 Å². The van der Waals surface area contributed by atoms with E-state index in [1.807, 2.05) is 36.4 Å². The number of aryl methyl sites for hydroxylation is 1. The number of nitrogens with zero attached hydrogens (tertiary/aromatic N) is 1. The molecule has 1 aliphatic heterocycles. The van der Waals surface area contributed by atoms with E-state index < -0.39 is 0 Å². The molecule has 0 aliphatic carbocycles. The molecule has 1 heterocycles. The number of benzene rings is 3. The van der Waals surface area contributed by atoms with Crippen LogP contribution in [0, 0.1) is 10.5 Å². The fraction of sp³-hybridized carbons (Fsp3) is 0.120. The zero-order chi connectivity index (χ0) is 23.5. The number of thioether (sulfide) groups is 1. The first kappa shape index (κ1) is 24.1. The average molecular weight is 608 g/mol. The molecule has 0 radical (unpaired) electrons. The molecule has 33 heavy (non-hydrogen) atoms. The monoisotopic (exact) mass is 607 g/mol. The molecule has 1 fully saturated rings. The average Bonchev–Trinajstić information content (AvgIpc) is 3.06. The van der Waals surface area contributed by atoms with Crippen LogP contribution in [0.5, 0.6) is 11.5 Å². The number of ether oxygens (including phenoxy) is 2. The van der Waals surface area contributed by atoms with Gasteiger partial charge in [0, 0.05) is 5.02 Å². The Hall–Kier alpha value is -2.07. The molecule has 0 bridgehead atoms.